The SMILES string of the molecule is CN1CCC(c2ccc(-c3ccc4c(c3)C(=O)N(C(c3nc5ccccc5[nH]3)c3cc(F)ccc3O)C4)cc2)CC1.CN1CCC(c2ccc(-c3ccc4c(c3)C(=S)N(C(c3nc5ccccc5[nH]3)c3cc(F)ccc3O)C4)cc2)CC1. The van der Waals surface area contributed by atoms with Crippen LogP contribution in [0, 0.1) is 11.6 Å². The Kier molecular flexibility index (Phi) is 14.2. The average Bonchev–Trinajstić information content (AvgIpc) is 4.48. The molecule has 4 aliphatic heterocycles. The molecule has 412 valence electrons. The number of halogens is 2. The van der Waals surface area contributed by atoms with Crippen molar-refractivity contribution < 1.29 is 23.8 Å². The number of likely N-dealkylation sites (tertiary alicyclic amines) is 2. The van der Waals surface area contributed by atoms with Gasteiger partial charge in [0, 0.05) is 35.3 Å². The third-order valence-corrected chi connectivity index (χ3v) is 17.7. The predicted molar refractivity (Wildman–Crippen MR) is 322 cm³/mol. The fraction of sp³-hybridized carbons (Fsp3) is 0.235. The summed E-state index contributed by atoms with van der Waals surface area (Å²) in [7, 11) is 4.37. The lowest BCUT2D eigenvalue weighted by Gasteiger charge is -2.29. The van der Waals surface area contributed by atoms with Crippen LogP contribution in [0.2, 0.25) is 0 Å². The monoisotopic (exact) mass is 1110 g/mol. The van der Waals surface area contributed by atoms with E-state index >= 15 is 0 Å². The molecule has 4 N–H and O–H groups in total. The number of nitrogens with one attached hydrogen (secondary N) is 2. The number of hydrogen-bond acceptors (Lipinski definition) is 8. The molecule has 8 aromatic carbocycles. The van der Waals surface area contributed by atoms with E-state index in [0.29, 0.717) is 52.7 Å². The predicted octanol–water partition coefficient (Wildman–Crippen LogP) is 13.8. The van der Waals surface area contributed by atoms with Gasteiger partial charge in [0.25, 0.3) is 5.91 Å². The fourth-order valence-electron chi connectivity index (χ4n) is 12.6. The van der Waals surface area contributed by atoms with E-state index in [2.05, 4.69) is 107 Å². The number of carbonyl (C=O) groups is 1. The van der Waals surface area contributed by atoms with Crippen LogP contribution in [0.4, 0.5) is 8.78 Å². The second kappa shape index (κ2) is 22.1. The fourth-order valence-corrected chi connectivity index (χ4v) is 13.0. The number of para-hydroxylation sites is 4. The van der Waals surface area contributed by atoms with Gasteiger partial charge in [0.1, 0.15) is 51.9 Å². The average molecular weight is 1110 g/mol. The van der Waals surface area contributed by atoms with Crippen LogP contribution in [0.5, 0.6) is 11.5 Å². The molecule has 2 atom stereocenters. The molecule has 2 aromatic heterocycles. The Morgan fingerprint density at radius 3 is 1.40 bits per heavy atom. The molecule has 14 rings (SSSR count). The summed E-state index contributed by atoms with van der Waals surface area (Å²) in [6.45, 7) is 5.39. The van der Waals surface area contributed by atoms with E-state index in [-0.39, 0.29) is 23.0 Å². The summed E-state index contributed by atoms with van der Waals surface area (Å²) in [4.78, 5) is 39.3. The van der Waals surface area contributed by atoms with Gasteiger partial charge >= 0.3 is 0 Å². The highest BCUT2D eigenvalue weighted by Gasteiger charge is 2.39. The van der Waals surface area contributed by atoms with Gasteiger partial charge in [-0.1, -0.05) is 109 Å². The molecule has 11 nitrogen and oxygen atoms in total. The van der Waals surface area contributed by atoms with Gasteiger partial charge in [-0.3, -0.25) is 4.79 Å². The number of amides is 1. The lowest BCUT2D eigenvalue weighted by Crippen LogP contribution is -2.31. The lowest BCUT2D eigenvalue weighted by atomic mass is 9.88. The van der Waals surface area contributed by atoms with E-state index in [0.717, 1.165) is 87.2 Å². The van der Waals surface area contributed by atoms with Crippen LogP contribution in [-0.4, -0.2) is 101 Å². The molecule has 2 unspecified atom stereocenters. The van der Waals surface area contributed by atoms with Crippen molar-refractivity contribution in [1.29, 1.82) is 0 Å². The summed E-state index contributed by atoms with van der Waals surface area (Å²) < 4.78 is 28.9. The number of hydrogen-bond donors (Lipinski definition) is 4. The number of aromatic hydroxyl groups is 2. The quantitative estimate of drug-likeness (QED) is 0.0990. The number of H-pyrrole nitrogens is 2. The number of benzene rings is 8. The Bertz CT molecular complexity index is 3710. The molecule has 0 spiro atoms. The molecule has 14 heteroatoms. The number of rotatable bonds is 10. The molecular weight excluding hydrogens is 1050 g/mol. The topological polar surface area (TPSA) is 128 Å². The zero-order valence-corrected chi connectivity index (χ0v) is 46.5. The van der Waals surface area contributed by atoms with Crippen molar-refractivity contribution in [3.63, 3.8) is 0 Å². The van der Waals surface area contributed by atoms with Gasteiger partial charge < -0.3 is 39.8 Å². The molecule has 82 heavy (non-hydrogen) atoms. The molecule has 0 aliphatic carbocycles. The van der Waals surface area contributed by atoms with Crippen molar-refractivity contribution in [2.75, 3.05) is 40.3 Å². The molecule has 6 heterocycles. The number of aromatic nitrogens is 4. The van der Waals surface area contributed by atoms with Crippen LogP contribution < -0.4 is 0 Å². The Hall–Kier alpha value is -8.56. The van der Waals surface area contributed by atoms with E-state index in [1.165, 1.54) is 73.2 Å². The molecular formula is C68H62F2N8O3S. The zero-order valence-electron chi connectivity index (χ0n) is 45.7. The van der Waals surface area contributed by atoms with Gasteiger partial charge in [-0.15, -0.1) is 0 Å². The van der Waals surface area contributed by atoms with Gasteiger partial charge in [-0.2, -0.15) is 0 Å². The minimum atomic E-state index is -0.796. The first-order valence-corrected chi connectivity index (χ1v) is 28.6. The first-order chi connectivity index (χ1) is 39.9. The maximum atomic E-state index is 14.5. The number of piperidine rings is 2. The standard InChI is InChI=1S/C34H31FN4O2.C34H31FN4OS/c2*1-38-16-14-23(15-17-38)21-6-8-22(9-7-21)24-10-11-25-20-39(34(41)27(25)18-24)32(28-19-26(35)12-13-31(28)40)33-36-29-4-2-3-5-30(29)37-33/h2*2-13,18-19,23,32,40H,14-17,20H2,1H3,(H,36,37). The Balaban J connectivity index is 0.000000154. The van der Waals surface area contributed by atoms with Crippen molar-refractivity contribution in [3.8, 4) is 33.8 Å². The Morgan fingerprint density at radius 1 is 0.512 bits per heavy atom. The van der Waals surface area contributed by atoms with Crippen LogP contribution in [0.15, 0.2) is 170 Å². The molecule has 1 amide bonds. The van der Waals surface area contributed by atoms with E-state index in [9.17, 15) is 23.8 Å². The van der Waals surface area contributed by atoms with Crippen LogP contribution >= 0.6 is 12.2 Å². The number of phenols is 2. The molecule has 10 aromatic rings. The van der Waals surface area contributed by atoms with Gasteiger partial charge in [-0.05, 0) is 195 Å². The van der Waals surface area contributed by atoms with E-state index in [1.54, 1.807) is 4.90 Å². The van der Waals surface area contributed by atoms with E-state index < -0.39 is 23.7 Å². The summed E-state index contributed by atoms with van der Waals surface area (Å²) in [6.07, 6.45) is 4.75. The zero-order chi connectivity index (χ0) is 56.2. The number of phenolic OH excluding ortho intramolecular Hbond substituents is 2. The lowest BCUT2D eigenvalue weighted by molar-refractivity contribution is 0.0723. The summed E-state index contributed by atoms with van der Waals surface area (Å²) in [6, 6.07) is 51.9. The second-order valence-corrected chi connectivity index (χ2v) is 22.9. The highest BCUT2D eigenvalue weighted by molar-refractivity contribution is 7.80. The molecule has 0 radical (unpaired) electrons. The summed E-state index contributed by atoms with van der Waals surface area (Å²) >= 11 is 6.06. The van der Waals surface area contributed by atoms with Crippen molar-refractivity contribution in [2.45, 2.75) is 62.7 Å². The number of carbonyl (C=O) groups excluding carboxylic acids is 1. The smallest absolute Gasteiger partial charge is 0.255 e. The van der Waals surface area contributed by atoms with Crippen molar-refractivity contribution >= 4 is 45.2 Å². The molecule has 0 saturated carbocycles. The van der Waals surface area contributed by atoms with Crippen LogP contribution in [-0.2, 0) is 13.1 Å². The minimum absolute atomic E-state index is 0.000928. The maximum absolute atomic E-state index is 14.5. The van der Waals surface area contributed by atoms with Crippen molar-refractivity contribution in [2.24, 2.45) is 0 Å². The van der Waals surface area contributed by atoms with E-state index in [4.69, 9.17) is 22.2 Å². The molecule has 2 fully saturated rings. The largest absolute Gasteiger partial charge is 0.508 e. The minimum Gasteiger partial charge on any atom is -0.508 e. The number of fused-ring (bicyclic) bond motifs is 4. The first-order valence-electron chi connectivity index (χ1n) is 28.2. The van der Waals surface area contributed by atoms with Gasteiger partial charge in [0.2, 0.25) is 0 Å². The molecule has 2 saturated heterocycles. The third kappa shape index (κ3) is 10.3. The summed E-state index contributed by atoms with van der Waals surface area (Å²) in [5, 5.41) is 21.6. The van der Waals surface area contributed by atoms with E-state index in [1.807, 2.05) is 65.6 Å². The number of aromatic amines is 2. The third-order valence-electron chi connectivity index (χ3n) is 17.3. The summed E-state index contributed by atoms with van der Waals surface area (Å²) in [5.41, 5.74) is 14.6. The van der Waals surface area contributed by atoms with Gasteiger partial charge in [-0.25, -0.2) is 18.7 Å². The molecule has 4 aliphatic rings. The number of nitrogens with zero attached hydrogens (tertiary/aromatic N) is 6. The van der Waals surface area contributed by atoms with Gasteiger partial charge in [0.15, 0.2) is 0 Å². The van der Waals surface area contributed by atoms with Crippen LogP contribution in [0.1, 0.15) is 111 Å². The number of imidazole rings is 2. The highest BCUT2D eigenvalue weighted by Crippen LogP contribution is 2.43. The maximum Gasteiger partial charge on any atom is 0.255 e. The first kappa shape index (κ1) is 52.8. The second-order valence-electron chi connectivity index (χ2n) is 22.5. The Morgan fingerprint density at radius 2 is 0.927 bits per heavy atom. The Labute approximate surface area is 480 Å². The van der Waals surface area contributed by atoms with Gasteiger partial charge in [0.05, 0.1) is 22.1 Å². The van der Waals surface area contributed by atoms with Crippen molar-refractivity contribution in [1.82, 2.24) is 39.5 Å². The number of thiocarbonyl (C=S) groups is 1. The normalized spacial score (nSPS) is 16.8. The van der Waals surface area contributed by atoms with Crippen LogP contribution in [0.3, 0.4) is 0 Å². The van der Waals surface area contributed by atoms with Crippen molar-refractivity contribution in [3.05, 3.63) is 238 Å². The van der Waals surface area contributed by atoms with Crippen LogP contribution in [0.25, 0.3) is 44.3 Å². The highest BCUT2D eigenvalue weighted by atomic mass is 32.1. The summed E-state index contributed by atoms with van der Waals surface area (Å²) in [5.74, 6) is 1.10. The molecule has 0 bridgehead atoms.